The van der Waals surface area contributed by atoms with Crippen LogP contribution in [0.25, 0.3) is 0 Å². The molecule has 0 saturated heterocycles. The monoisotopic (exact) mass is 464 g/mol. The first kappa shape index (κ1) is 25.8. The second-order valence-corrected chi connectivity index (χ2v) is 7.38. The minimum atomic E-state index is -0.369. The highest BCUT2D eigenvalue weighted by Gasteiger charge is 2.08. The van der Waals surface area contributed by atoms with E-state index in [0.717, 1.165) is 48.2 Å². The molecule has 0 aliphatic rings. The Hall–Kier alpha value is -4.41. The quantitative estimate of drug-likeness (QED) is 0.178. The van der Waals surface area contributed by atoms with E-state index in [1.807, 2.05) is 38.1 Å². The van der Waals surface area contributed by atoms with Gasteiger partial charge in [-0.25, -0.2) is 4.79 Å². The zero-order valence-corrected chi connectivity index (χ0v) is 19.5. The molecule has 0 heterocycles. The number of nitrogens with one attached hydrogen (secondary N) is 2. The second kappa shape index (κ2) is 13.2. The summed E-state index contributed by atoms with van der Waals surface area (Å²) in [5.74, 6) is -0.196. The van der Waals surface area contributed by atoms with Gasteiger partial charge in [0.2, 0.25) is 11.9 Å². The Morgan fingerprint density at radius 3 is 1.29 bits per heavy atom. The first-order valence-electron chi connectivity index (χ1n) is 10.9. The summed E-state index contributed by atoms with van der Waals surface area (Å²) in [7, 11) is 0. The molecule has 0 fully saturated rings. The van der Waals surface area contributed by atoms with Crippen LogP contribution in [0, 0.1) is 0 Å². The molecule has 34 heavy (non-hydrogen) atoms. The summed E-state index contributed by atoms with van der Waals surface area (Å²) in [6.45, 7) is 4.08. The van der Waals surface area contributed by atoms with E-state index in [1.165, 1.54) is 0 Å². The number of anilines is 2. The van der Waals surface area contributed by atoms with Crippen molar-refractivity contribution in [2.75, 3.05) is 10.6 Å². The minimum Gasteiger partial charge on any atom is -0.369 e. The van der Waals surface area contributed by atoms with Gasteiger partial charge in [-0.05, 0) is 48.2 Å². The highest BCUT2D eigenvalue weighted by Crippen LogP contribution is 2.16. The van der Waals surface area contributed by atoms with E-state index < -0.39 is 0 Å². The Bertz CT molecular complexity index is 976. The van der Waals surface area contributed by atoms with Crippen molar-refractivity contribution in [1.29, 1.82) is 0 Å². The molecule has 0 aliphatic carbocycles. The smallest absolute Gasteiger partial charge is 0.323 e. The number of nitrogens with zero attached hydrogens (tertiary/aromatic N) is 4. The van der Waals surface area contributed by atoms with E-state index in [2.05, 4.69) is 31.0 Å². The molecule has 0 spiro atoms. The molecule has 11 heteroatoms. The molecule has 0 saturated carbocycles. The predicted molar refractivity (Wildman–Crippen MR) is 140 cm³/mol. The Labute approximate surface area is 199 Å². The van der Waals surface area contributed by atoms with Crippen molar-refractivity contribution in [3.8, 4) is 0 Å². The third-order valence-corrected chi connectivity index (χ3v) is 4.50. The molecule has 0 aromatic heterocycles. The lowest BCUT2D eigenvalue weighted by molar-refractivity contribution is 0.262. The average Bonchev–Trinajstić information content (AvgIpc) is 2.80. The van der Waals surface area contributed by atoms with Crippen molar-refractivity contribution in [2.45, 2.75) is 39.5 Å². The van der Waals surface area contributed by atoms with Gasteiger partial charge in [0.05, 0.1) is 11.4 Å². The fourth-order valence-electron chi connectivity index (χ4n) is 3.00. The zero-order chi connectivity index (χ0) is 24.9. The van der Waals surface area contributed by atoms with Crippen LogP contribution in [-0.2, 0) is 0 Å². The molecular formula is C23H32N10O. The summed E-state index contributed by atoms with van der Waals surface area (Å²) in [6, 6.07) is 14.2. The molecule has 0 bridgehead atoms. The number of guanidine groups is 2. The van der Waals surface area contributed by atoms with Crippen LogP contribution in [-0.4, -0.2) is 29.4 Å². The van der Waals surface area contributed by atoms with Crippen molar-refractivity contribution < 1.29 is 4.79 Å². The Kier molecular flexibility index (Phi) is 10.0. The Balaban J connectivity index is 2.04. The third kappa shape index (κ3) is 8.61. The molecule has 10 N–H and O–H groups in total. The topological polar surface area (TPSA) is 195 Å². The number of urea groups is 1. The number of carbonyl (C=O) groups excluding carboxylic acids is 1. The molecule has 2 amide bonds. The van der Waals surface area contributed by atoms with Gasteiger partial charge in [-0.15, -0.1) is 10.2 Å². The lowest BCUT2D eigenvalue weighted by atomic mass is 10.1. The predicted octanol–water partition coefficient (Wildman–Crippen LogP) is 2.89. The number of carbonyl (C=O) groups is 1. The summed E-state index contributed by atoms with van der Waals surface area (Å²) in [5, 5.41) is 21.3. The van der Waals surface area contributed by atoms with E-state index in [-0.39, 0.29) is 18.0 Å². The lowest BCUT2D eigenvalue weighted by Gasteiger charge is -2.10. The van der Waals surface area contributed by atoms with Gasteiger partial charge in [0, 0.05) is 11.4 Å². The van der Waals surface area contributed by atoms with Gasteiger partial charge in [0.15, 0.2) is 0 Å². The first-order chi connectivity index (χ1) is 16.3. The largest absolute Gasteiger partial charge is 0.369 e. The second-order valence-electron chi connectivity index (χ2n) is 7.38. The summed E-state index contributed by atoms with van der Waals surface area (Å²) < 4.78 is 0. The third-order valence-electron chi connectivity index (χ3n) is 4.50. The number of hydrogen-bond acceptors (Lipinski definition) is 5. The molecule has 2 rings (SSSR count). The molecule has 11 nitrogen and oxygen atoms in total. The molecular weight excluding hydrogens is 432 g/mol. The fraction of sp³-hybridized carbons (Fsp3) is 0.261. The van der Waals surface area contributed by atoms with Crippen molar-refractivity contribution in [1.82, 2.24) is 0 Å². The van der Waals surface area contributed by atoms with Gasteiger partial charge < -0.3 is 33.6 Å². The van der Waals surface area contributed by atoms with E-state index in [4.69, 9.17) is 22.9 Å². The van der Waals surface area contributed by atoms with Crippen molar-refractivity contribution >= 4 is 40.7 Å². The molecule has 0 radical (unpaired) electrons. The number of nitrogens with two attached hydrogens (primary N) is 4. The van der Waals surface area contributed by atoms with Gasteiger partial charge in [-0.2, -0.15) is 10.2 Å². The first-order valence-corrected chi connectivity index (χ1v) is 10.9. The SMILES string of the molecule is CCCC(=NN=C(N)N)c1ccc(NC(=O)Nc2ccc(/C(CCC)=N/N=C(N)N)cc2)cc1. The number of benzene rings is 2. The van der Waals surface area contributed by atoms with Crippen LogP contribution in [0.15, 0.2) is 68.9 Å². The zero-order valence-electron chi connectivity index (χ0n) is 19.5. The summed E-state index contributed by atoms with van der Waals surface area (Å²) in [6.07, 6.45) is 3.22. The summed E-state index contributed by atoms with van der Waals surface area (Å²) >= 11 is 0. The van der Waals surface area contributed by atoms with Gasteiger partial charge >= 0.3 is 6.03 Å². The standard InChI is InChI=1S/C23H32N10O/c1-3-5-19(30-32-21(24)25)15-7-11-17(12-8-15)28-23(34)29-18-13-9-16(10-14-18)20(6-4-2)31-33-22(26)27/h7-14H,3-6H2,1-2H3,(H4,24,25,32)(H4,26,27,33)(H2,28,29,34)/b30-19+,31-20?. The van der Waals surface area contributed by atoms with E-state index >= 15 is 0 Å². The van der Waals surface area contributed by atoms with Crippen LogP contribution < -0.4 is 33.6 Å². The molecule has 180 valence electrons. The highest BCUT2D eigenvalue weighted by molar-refractivity contribution is 6.03. The maximum atomic E-state index is 12.4. The van der Waals surface area contributed by atoms with Crippen molar-refractivity contribution in [3.05, 3.63) is 59.7 Å². The van der Waals surface area contributed by atoms with Crippen LogP contribution in [0.5, 0.6) is 0 Å². The number of amides is 2. The van der Waals surface area contributed by atoms with E-state index in [0.29, 0.717) is 11.4 Å². The normalized spacial score (nSPS) is 11.5. The average molecular weight is 465 g/mol. The summed E-state index contributed by atoms with van der Waals surface area (Å²) in [4.78, 5) is 12.4. The van der Waals surface area contributed by atoms with Crippen LogP contribution in [0.3, 0.4) is 0 Å². The molecule has 2 aromatic rings. The Morgan fingerprint density at radius 2 is 1.00 bits per heavy atom. The van der Waals surface area contributed by atoms with Crippen molar-refractivity contribution in [3.63, 3.8) is 0 Å². The minimum absolute atomic E-state index is 0.0979. The van der Waals surface area contributed by atoms with Crippen LogP contribution in [0.2, 0.25) is 0 Å². The van der Waals surface area contributed by atoms with Crippen molar-refractivity contribution in [2.24, 2.45) is 43.3 Å². The molecule has 0 atom stereocenters. The lowest BCUT2D eigenvalue weighted by Crippen LogP contribution is -2.22. The highest BCUT2D eigenvalue weighted by atomic mass is 16.2. The van der Waals surface area contributed by atoms with Crippen LogP contribution in [0.1, 0.15) is 50.7 Å². The molecule has 0 aliphatic heterocycles. The van der Waals surface area contributed by atoms with Gasteiger partial charge in [0.25, 0.3) is 0 Å². The fourth-order valence-corrected chi connectivity index (χ4v) is 3.00. The van der Waals surface area contributed by atoms with Gasteiger partial charge in [-0.1, -0.05) is 51.0 Å². The van der Waals surface area contributed by atoms with Crippen LogP contribution in [0.4, 0.5) is 16.2 Å². The molecule has 2 aromatic carbocycles. The number of rotatable bonds is 10. The maximum absolute atomic E-state index is 12.4. The van der Waals surface area contributed by atoms with E-state index in [9.17, 15) is 4.79 Å². The van der Waals surface area contributed by atoms with E-state index in [1.54, 1.807) is 24.3 Å². The maximum Gasteiger partial charge on any atom is 0.323 e. The van der Waals surface area contributed by atoms with Crippen LogP contribution >= 0.6 is 0 Å². The Morgan fingerprint density at radius 1 is 0.647 bits per heavy atom. The van der Waals surface area contributed by atoms with Gasteiger partial charge in [-0.3, -0.25) is 0 Å². The van der Waals surface area contributed by atoms with Gasteiger partial charge in [0.1, 0.15) is 0 Å². The number of hydrogen-bond donors (Lipinski definition) is 6. The molecule has 0 unspecified atom stereocenters. The summed E-state index contributed by atoms with van der Waals surface area (Å²) in [5.41, 5.74) is 26.0.